The van der Waals surface area contributed by atoms with Crippen molar-refractivity contribution in [1.29, 1.82) is 0 Å². The molecule has 3 rings (SSSR count). The van der Waals surface area contributed by atoms with Crippen molar-refractivity contribution in [3.8, 4) is 0 Å². The van der Waals surface area contributed by atoms with Crippen LogP contribution >= 0.6 is 11.3 Å². The standard InChI is InChI=1S/C25H34N2O2S/c1-4-6-8-13-23(28)27(19(3)5-2)18-24(29)26-16-14-22-21(15-17-30-22)25(26)20-11-9-7-10-12-20/h7,9-12,15,17,19,25H,4-6,8,13-14,16,18H2,1-3H3/t19-,25+/m1/s1. The molecule has 0 unspecified atom stereocenters. The van der Waals surface area contributed by atoms with E-state index in [4.69, 9.17) is 0 Å². The Bertz CT molecular complexity index is 833. The Morgan fingerprint density at radius 1 is 1.17 bits per heavy atom. The van der Waals surface area contributed by atoms with Gasteiger partial charge in [-0.3, -0.25) is 9.59 Å². The van der Waals surface area contributed by atoms with E-state index in [1.54, 1.807) is 11.3 Å². The first-order chi connectivity index (χ1) is 14.6. The molecule has 0 spiro atoms. The molecule has 2 aromatic rings. The van der Waals surface area contributed by atoms with Crippen LogP contribution in [0.4, 0.5) is 0 Å². The highest BCUT2D eigenvalue weighted by Crippen LogP contribution is 2.37. The summed E-state index contributed by atoms with van der Waals surface area (Å²) in [5, 5.41) is 2.12. The van der Waals surface area contributed by atoms with Gasteiger partial charge in [-0.1, -0.05) is 57.0 Å². The third-order valence-corrected chi connectivity index (χ3v) is 7.14. The Kier molecular flexibility index (Phi) is 8.08. The number of carbonyl (C=O) groups is 2. The summed E-state index contributed by atoms with van der Waals surface area (Å²) in [5.41, 5.74) is 2.37. The zero-order valence-corrected chi connectivity index (χ0v) is 19.3. The average Bonchev–Trinajstić information content (AvgIpc) is 3.25. The number of rotatable bonds is 9. The molecule has 0 N–H and O–H groups in total. The van der Waals surface area contributed by atoms with Gasteiger partial charge in [0.2, 0.25) is 11.8 Å². The van der Waals surface area contributed by atoms with Gasteiger partial charge in [-0.05, 0) is 48.8 Å². The molecular formula is C25H34N2O2S. The Morgan fingerprint density at radius 3 is 2.63 bits per heavy atom. The average molecular weight is 427 g/mol. The van der Waals surface area contributed by atoms with E-state index < -0.39 is 0 Å². The van der Waals surface area contributed by atoms with Gasteiger partial charge in [0, 0.05) is 23.9 Å². The Labute approximate surface area is 184 Å². The molecule has 0 fully saturated rings. The van der Waals surface area contributed by atoms with Crippen LogP contribution in [0, 0.1) is 0 Å². The lowest BCUT2D eigenvalue weighted by atomic mass is 9.93. The molecule has 162 valence electrons. The second kappa shape index (κ2) is 10.8. The van der Waals surface area contributed by atoms with Gasteiger partial charge in [-0.25, -0.2) is 0 Å². The monoisotopic (exact) mass is 426 g/mol. The van der Waals surface area contributed by atoms with E-state index in [1.807, 2.05) is 34.9 Å². The lowest BCUT2D eigenvalue weighted by Gasteiger charge is -2.38. The molecule has 1 aromatic carbocycles. The van der Waals surface area contributed by atoms with Gasteiger partial charge in [-0.2, -0.15) is 0 Å². The molecule has 0 saturated carbocycles. The smallest absolute Gasteiger partial charge is 0.243 e. The van der Waals surface area contributed by atoms with Crippen molar-refractivity contribution < 1.29 is 9.59 Å². The second-order valence-corrected chi connectivity index (χ2v) is 9.19. The predicted molar refractivity (Wildman–Crippen MR) is 124 cm³/mol. The van der Waals surface area contributed by atoms with E-state index in [1.165, 1.54) is 10.4 Å². The molecule has 1 aliphatic rings. The first kappa shape index (κ1) is 22.5. The summed E-state index contributed by atoms with van der Waals surface area (Å²) in [7, 11) is 0. The minimum atomic E-state index is -0.0670. The maximum absolute atomic E-state index is 13.5. The number of hydrogen-bond acceptors (Lipinski definition) is 3. The molecule has 5 heteroatoms. The van der Waals surface area contributed by atoms with Crippen LogP contribution in [0.1, 0.15) is 74.9 Å². The van der Waals surface area contributed by atoms with Gasteiger partial charge < -0.3 is 9.80 Å². The van der Waals surface area contributed by atoms with Crippen LogP contribution in [0.3, 0.4) is 0 Å². The van der Waals surface area contributed by atoms with E-state index in [0.717, 1.165) is 37.7 Å². The van der Waals surface area contributed by atoms with Crippen LogP contribution in [0.25, 0.3) is 0 Å². The van der Waals surface area contributed by atoms with Crippen LogP contribution in [0.5, 0.6) is 0 Å². The van der Waals surface area contributed by atoms with Crippen molar-refractivity contribution in [1.82, 2.24) is 9.80 Å². The molecule has 2 amide bonds. The summed E-state index contributed by atoms with van der Waals surface area (Å²) in [6.07, 6.45) is 5.30. The third-order valence-electron chi connectivity index (χ3n) is 6.14. The van der Waals surface area contributed by atoms with E-state index in [9.17, 15) is 9.59 Å². The highest BCUT2D eigenvalue weighted by molar-refractivity contribution is 7.10. The summed E-state index contributed by atoms with van der Waals surface area (Å²) < 4.78 is 0. The van der Waals surface area contributed by atoms with Crippen molar-refractivity contribution in [2.24, 2.45) is 0 Å². The summed E-state index contributed by atoms with van der Waals surface area (Å²) in [5.74, 6) is 0.153. The Morgan fingerprint density at radius 2 is 1.93 bits per heavy atom. The summed E-state index contributed by atoms with van der Waals surface area (Å²) in [6, 6.07) is 12.4. The highest BCUT2D eigenvalue weighted by Gasteiger charge is 2.34. The first-order valence-electron chi connectivity index (χ1n) is 11.3. The van der Waals surface area contributed by atoms with Crippen molar-refractivity contribution in [2.45, 2.75) is 71.4 Å². The predicted octanol–water partition coefficient (Wildman–Crippen LogP) is 5.43. The molecule has 30 heavy (non-hydrogen) atoms. The number of benzene rings is 1. The number of thiophene rings is 1. The number of fused-ring (bicyclic) bond motifs is 1. The molecule has 2 atom stereocenters. The van der Waals surface area contributed by atoms with E-state index in [0.29, 0.717) is 13.0 Å². The van der Waals surface area contributed by atoms with Gasteiger partial charge in [0.25, 0.3) is 0 Å². The van der Waals surface area contributed by atoms with Crippen molar-refractivity contribution >= 4 is 23.2 Å². The first-order valence-corrected chi connectivity index (χ1v) is 12.1. The number of carbonyl (C=O) groups excluding carboxylic acids is 2. The largest absolute Gasteiger partial charge is 0.331 e. The number of nitrogens with zero attached hydrogens (tertiary/aromatic N) is 2. The fraction of sp³-hybridized carbons (Fsp3) is 0.520. The quantitative estimate of drug-likeness (QED) is 0.502. The molecule has 0 saturated heterocycles. The Balaban J connectivity index is 1.81. The molecule has 1 aliphatic heterocycles. The SMILES string of the molecule is CCCCCC(=O)N(CC(=O)N1CCc2sccc2[C@@H]1c1ccccc1)[C@H](C)CC. The van der Waals surface area contributed by atoms with Gasteiger partial charge in [0.1, 0.15) is 6.54 Å². The zero-order chi connectivity index (χ0) is 21.5. The summed E-state index contributed by atoms with van der Waals surface area (Å²) in [6.45, 7) is 7.13. The van der Waals surface area contributed by atoms with E-state index in [2.05, 4.69) is 37.4 Å². The highest BCUT2D eigenvalue weighted by atomic mass is 32.1. The Hall–Kier alpha value is -2.14. The van der Waals surface area contributed by atoms with Crippen LogP contribution in [0.15, 0.2) is 41.8 Å². The minimum absolute atomic E-state index is 0.0462. The van der Waals surface area contributed by atoms with Gasteiger partial charge in [0.15, 0.2) is 0 Å². The topological polar surface area (TPSA) is 40.6 Å². The van der Waals surface area contributed by atoms with Crippen molar-refractivity contribution in [3.05, 3.63) is 57.8 Å². The van der Waals surface area contributed by atoms with Crippen LogP contribution in [-0.4, -0.2) is 40.7 Å². The normalized spacial score (nSPS) is 16.8. The number of amides is 2. The maximum Gasteiger partial charge on any atom is 0.243 e. The molecule has 0 aliphatic carbocycles. The zero-order valence-electron chi connectivity index (χ0n) is 18.5. The summed E-state index contributed by atoms with van der Waals surface area (Å²) >= 11 is 1.77. The van der Waals surface area contributed by atoms with Crippen molar-refractivity contribution in [3.63, 3.8) is 0 Å². The van der Waals surface area contributed by atoms with Gasteiger partial charge in [0.05, 0.1) is 6.04 Å². The van der Waals surface area contributed by atoms with E-state index >= 15 is 0 Å². The lowest BCUT2D eigenvalue weighted by molar-refractivity contribution is -0.143. The van der Waals surface area contributed by atoms with Crippen LogP contribution in [-0.2, 0) is 16.0 Å². The number of hydrogen-bond donors (Lipinski definition) is 0. The molecule has 4 nitrogen and oxygen atoms in total. The fourth-order valence-electron chi connectivity index (χ4n) is 4.20. The molecule has 2 heterocycles. The number of unbranched alkanes of at least 4 members (excludes halogenated alkanes) is 2. The molecule has 0 bridgehead atoms. The second-order valence-electron chi connectivity index (χ2n) is 8.19. The van der Waals surface area contributed by atoms with Gasteiger partial charge >= 0.3 is 0 Å². The van der Waals surface area contributed by atoms with Crippen LogP contribution in [0.2, 0.25) is 0 Å². The molecule has 1 aromatic heterocycles. The van der Waals surface area contributed by atoms with E-state index in [-0.39, 0.29) is 30.4 Å². The summed E-state index contributed by atoms with van der Waals surface area (Å²) in [4.78, 5) is 31.6. The third kappa shape index (κ3) is 5.12. The lowest BCUT2D eigenvalue weighted by Crippen LogP contribution is -2.49. The molecule has 0 radical (unpaired) electrons. The maximum atomic E-state index is 13.5. The van der Waals surface area contributed by atoms with Crippen LogP contribution < -0.4 is 0 Å². The van der Waals surface area contributed by atoms with Crippen molar-refractivity contribution in [2.75, 3.05) is 13.1 Å². The fourth-order valence-corrected chi connectivity index (χ4v) is 5.10. The molecular weight excluding hydrogens is 392 g/mol. The van der Waals surface area contributed by atoms with Gasteiger partial charge in [-0.15, -0.1) is 11.3 Å². The minimum Gasteiger partial charge on any atom is -0.331 e.